The lowest BCUT2D eigenvalue weighted by Gasteiger charge is -2.11. The van der Waals surface area contributed by atoms with Crippen molar-refractivity contribution in [2.45, 2.75) is 24.3 Å². The van der Waals surface area contributed by atoms with Crippen LogP contribution < -0.4 is 0 Å². The molecule has 4 rings (SSSR count). The highest BCUT2D eigenvalue weighted by molar-refractivity contribution is 8.00. The Morgan fingerprint density at radius 1 is 1.07 bits per heavy atom. The van der Waals surface area contributed by atoms with E-state index in [-0.39, 0.29) is 11.3 Å². The zero-order chi connectivity index (χ0) is 19.1. The molecule has 0 bridgehead atoms. The van der Waals surface area contributed by atoms with Crippen molar-refractivity contribution in [3.05, 3.63) is 71.3 Å². The second-order valence-electron chi connectivity index (χ2n) is 6.27. The highest BCUT2D eigenvalue weighted by Gasteiger charge is 2.21. The molecule has 0 amide bonds. The summed E-state index contributed by atoms with van der Waals surface area (Å²) < 4.78 is 28.5. The number of ketones is 1. The van der Waals surface area contributed by atoms with Crippen LogP contribution in [-0.4, -0.2) is 25.6 Å². The lowest BCUT2D eigenvalue weighted by Crippen LogP contribution is -2.14. The number of aryl methyl sites for hydroxylation is 1. The van der Waals surface area contributed by atoms with Crippen LogP contribution in [0.1, 0.15) is 22.8 Å². The summed E-state index contributed by atoms with van der Waals surface area (Å²) in [4.78, 5) is 12.6. The van der Waals surface area contributed by atoms with E-state index in [9.17, 15) is 13.6 Å². The summed E-state index contributed by atoms with van der Waals surface area (Å²) in [5.74, 6) is -2.31. The third-order valence-electron chi connectivity index (χ3n) is 4.43. The number of halogens is 2. The molecule has 4 nitrogen and oxygen atoms in total. The summed E-state index contributed by atoms with van der Waals surface area (Å²) in [7, 11) is 0. The second-order valence-corrected chi connectivity index (χ2v) is 7.58. The first-order chi connectivity index (χ1) is 13.0. The van der Waals surface area contributed by atoms with E-state index in [0.717, 1.165) is 28.6 Å². The van der Waals surface area contributed by atoms with Crippen molar-refractivity contribution in [3.63, 3.8) is 0 Å². The third-order valence-corrected chi connectivity index (χ3v) is 5.47. The predicted molar refractivity (Wildman–Crippen MR) is 101 cm³/mol. The maximum Gasteiger partial charge on any atom is 0.196 e. The number of hydrogen-bond donors (Lipinski definition) is 0. The number of hydrogen-bond acceptors (Lipinski definition) is 4. The summed E-state index contributed by atoms with van der Waals surface area (Å²) in [6, 6.07) is 13.0. The van der Waals surface area contributed by atoms with Gasteiger partial charge < -0.3 is 0 Å². The van der Waals surface area contributed by atoms with Gasteiger partial charge in [0, 0.05) is 10.9 Å². The van der Waals surface area contributed by atoms with Gasteiger partial charge in [0.2, 0.25) is 0 Å². The van der Waals surface area contributed by atoms with E-state index < -0.39 is 16.9 Å². The molecule has 2 aromatic carbocycles. The third kappa shape index (κ3) is 3.08. The van der Waals surface area contributed by atoms with Crippen LogP contribution in [-0.2, 0) is 0 Å². The Labute approximate surface area is 158 Å². The Hall–Kier alpha value is -2.80. The Balaban J connectivity index is 1.72. The van der Waals surface area contributed by atoms with Gasteiger partial charge in [0.25, 0.3) is 0 Å². The van der Waals surface area contributed by atoms with Gasteiger partial charge in [0.05, 0.1) is 10.8 Å². The van der Waals surface area contributed by atoms with E-state index in [4.69, 9.17) is 0 Å². The van der Waals surface area contributed by atoms with E-state index >= 15 is 0 Å². The van der Waals surface area contributed by atoms with E-state index in [0.29, 0.717) is 10.8 Å². The Morgan fingerprint density at radius 3 is 2.63 bits per heavy atom. The molecular weight excluding hydrogens is 368 g/mol. The van der Waals surface area contributed by atoms with E-state index in [1.807, 2.05) is 41.7 Å². The van der Waals surface area contributed by atoms with Crippen molar-refractivity contribution in [1.82, 2.24) is 14.6 Å². The van der Waals surface area contributed by atoms with E-state index in [1.54, 1.807) is 6.92 Å². The first-order valence-electron chi connectivity index (χ1n) is 8.35. The minimum absolute atomic E-state index is 0.128. The van der Waals surface area contributed by atoms with Crippen molar-refractivity contribution >= 4 is 34.1 Å². The topological polar surface area (TPSA) is 47.3 Å². The van der Waals surface area contributed by atoms with Gasteiger partial charge >= 0.3 is 0 Å². The zero-order valence-corrected chi connectivity index (χ0v) is 15.4. The van der Waals surface area contributed by atoms with E-state index in [2.05, 4.69) is 10.2 Å². The van der Waals surface area contributed by atoms with Crippen LogP contribution in [0, 0.1) is 18.6 Å². The highest BCUT2D eigenvalue weighted by atomic mass is 32.2. The van der Waals surface area contributed by atoms with Gasteiger partial charge in [0.15, 0.2) is 28.2 Å². The standard InChI is InChI=1S/C20H15F2N3OS/c1-11-9-18-23-24-20(25(18)17-6-4-3-5-14(11)17)27-12(2)19(26)13-7-8-15(21)16(22)10-13/h3-10,12H,1-2H3. The molecule has 0 aliphatic heterocycles. The van der Waals surface area contributed by atoms with Crippen LogP contribution in [0.15, 0.2) is 53.7 Å². The normalized spacial score (nSPS) is 12.6. The molecule has 0 saturated heterocycles. The second kappa shape index (κ2) is 6.74. The number of aromatic nitrogens is 3. The fourth-order valence-electron chi connectivity index (χ4n) is 3.05. The van der Waals surface area contributed by atoms with Gasteiger partial charge in [-0.2, -0.15) is 0 Å². The number of pyridine rings is 1. The lowest BCUT2D eigenvalue weighted by atomic mass is 10.1. The number of thioether (sulfide) groups is 1. The number of rotatable bonds is 4. The minimum atomic E-state index is -1.03. The Morgan fingerprint density at radius 2 is 1.85 bits per heavy atom. The first-order valence-corrected chi connectivity index (χ1v) is 9.23. The Kier molecular flexibility index (Phi) is 4.39. The molecule has 1 unspecified atom stereocenters. The Bertz CT molecular complexity index is 1190. The highest BCUT2D eigenvalue weighted by Crippen LogP contribution is 2.29. The molecule has 2 aromatic heterocycles. The number of fused-ring (bicyclic) bond motifs is 3. The van der Waals surface area contributed by atoms with Crippen LogP contribution >= 0.6 is 11.8 Å². The van der Waals surface area contributed by atoms with Crippen LogP contribution in [0.3, 0.4) is 0 Å². The first kappa shape index (κ1) is 17.6. The molecule has 0 radical (unpaired) electrons. The molecule has 4 aromatic rings. The molecule has 0 N–H and O–H groups in total. The summed E-state index contributed by atoms with van der Waals surface area (Å²) in [6.07, 6.45) is 0. The van der Waals surface area contributed by atoms with Crippen molar-refractivity contribution < 1.29 is 13.6 Å². The largest absolute Gasteiger partial charge is 0.293 e. The predicted octanol–water partition coefficient (Wildman–Crippen LogP) is 4.83. The van der Waals surface area contributed by atoms with Crippen LogP contribution in [0.25, 0.3) is 16.6 Å². The number of Topliss-reactive ketones (excluding diaryl/α,β-unsaturated/α-hetero) is 1. The molecule has 0 aliphatic carbocycles. The van der Waals surface area contributed by atoms with Gasteiger partial charge in [-0.1, -0.05) is 30.0 Å². The molecule has 0 spiro atoms. The van der Waals surface area contributed by atoms with Gasteiger partial charge in [-0.15, -0.1) is 10.2 Å². The number of benzene rings is 2. The number of nitrogens with zero attached hydrogens (tertiary/aromatic N) is 3. The molecule has 2 heterocycles. The zero-order valence-electron chi connectivity index (χ0n) is 14.6. The van der Waals surface area contributed by atoms with Gasteiger partial charge in [-0.3, -0.25) is 9.20 Å². The molecule has 0 saturated carbocycles. The molecule has 27 heavy (non-hydrogen) atoms. The maximum atomic E-state index is 13.4. The SMILES string of the molecule is Cc1cc2nnc(SC(C)C(=O)c3ccc(F)c(F)c3)n2c2ccccc12. The van der Waals surface area contributed by atoms with Crippen molar-refractivity contribution in [2.24, 2.45) is 0 Å². The summed E-state index contributed by atoms with van der Waals surface area (Å²) in [5, 5.41) is 9.55. The number of carbonyl (C=O) groups excluding carboxylic acids is 1. The molecule has 136 valence electrons. The van der Waals surface area contributed by atoms with Crippen molar-refractivity contribution in [1.29, 1.82) is 0 Å². The van der Waals surface area contributed by atoms with Gasteiger partial charge in [-0.25, -0.2) is 8.78 Å². The average Bonchev–Trinajstić information content (AvgIpc) is 3.06. The van der Waals surface area contributed by atoms with Gasteiger partial charge in [-0.05, 0) is 49.7 Å². The maximum absolute atomic E-state index is 13.4. The summed E-state index contributed by atoms with van der Waals surface area (Å²) in [5.41, 5.74) is 2.87. The lowest BCUT2D eigenvalue weighted by molar-refractivity contribution is 0.0993. The quantitative estimate of drug-likeness (QED) is 0.374. The number of para-hydroxylation sites is 1. The molecule has 0 aliphatic rings. The monoisotopic (exact) mass is 383 g/mol. The van der Waals surface area contributed by atoms with Crippen molar-refractivity contribution in [3.8, 4) is 0 Å². The minimum Gasteiger partial charge on any atom is -0.293 e. The molecule has 7 heteroatoms. The molecule has 1 atom stereocenters. The van der Waals surface area contributed by atoms with Crippen molar-refractivity contribution in [2.75, 3.05) is 0 Å². The fraction of sp³-hybridized carbons (Fsp3) is 0.150. The van der Waals surface area contributed by atoms with Crippen LogP contribution in [0.5, 0.6) is 0 Å². The fourth-order valence-corrected chi connectivity index (χ4v) is 3.99. The molecular formula is C20H15F2N3OS. The molecule has 0 fully saturated rings. The van der Waals surface area contributed by atoms with Crippen LogP contribution in [0.4, 0.5) is 8.78 Å². The smallest absolute Gasteiger partial charge is 0.196 e. The van der Waals surface area contributed by atoms with Gasteiger partial charge in [0.1, 0.15) is 0 Å². The summed E-state index contributed by atoms with van der Waals surface area (Å²) in [6.45, 7) is 3.73. The van der Waals surface area contributed by atoms with Crippen LogP contribution in [0.2, 0.25) is 0 Å². The summed E-state index contributed by atoms with van der Waals surface area (Å²) >= 11 is 1.24. The average molecular weight is 383 g/mol. The number of carbonyl (C=O) groups is 1. The van der Waals surface area contributed by atoms with E-state index in [1.165, 1.54) is 17.8 Å².